The highest BCUT2D eigenvalue weighted by Gasteiger charge is 2.30. The zero-order valence-electron chi connectivity index (χ0n) is 20.9. The third-order valence-corrected chi connectivity index (χ3v) is 6.03. The molecule has 0 heterocycles. The second-order valence-corrected chi connectivity index (χ2v) is 9.40. The third-order valence-electron chi connectivity index (χ3n) is 5.39. The predicted octanol–water partition coefficient (Wildman–Crippen LogP) is -1.27. The molecule has 36 heavy (non-hydrogen) atoms. The fraction of sp³-hybridized carbons (Fsp3) is 0.773. The SMILES string of the molecule is CSCC[C@H](NC(=O)[C@@H](N)CCCCN)C(=O)N[C@@H](CCCCN)C(=O)N[C@@H](CCC(=O)O)C(=O)O. The van der Waals surface area contributed by atoms with Crippen molar-refractivity contribution in [3.63, 3.8) is 0 Å². The van der Waals surface area contributed by atoms with Gasteiger partial charge in [-0.05, 0) is 70.0 Å². The summed E-state index contributed by atoms with van der Waals surface area (Å²) in [5.74, 6) is -3.87. The van der Waals surface area contributed by atoms with Crippen LogP contribution in [0.15, 0.2) is 0 Å². The minimum Gasteiger partial charge on any atom is -0.481 e. The Morgan fingerprint density at radius 1 is 0.722 bits per heavy atom. The molecule has 0 aliphatic carbocycles. The minimum absolute atomic E-state index is 0.182. The molecule has 0 rings (SSSR count). The topological polar surface area (TPSA) is 240 Å². The van der Waals surface area contributed by atoms with E-state index in [1.165, 1.54) is 11.8 Å². The summed E-state index contributed by atoms with van der Waals surface area (Å²) in [6, 6.07) is -4.28. The van der Waals surface area contributed by atoms with Crippen LogP contribution >= 0.6 is 11.8 Å². The Morgan fingerprint density at radius 2 is 1.22 bits per heavy atom. The quantitative estimate of drug-likeness (QED) is 0.0807. The third kappa shape index (κ3) is 14.9. The van der Waals surface area contributed by atoms with Crippen molar-refractivity contribution in [1.82, 2.24) is 16.0 Å². The summed E-state index contributed by atoms with van der Waals surface area (Å²) < 4.78 is 0. The van der Waals surface area contributed by atoms with Crippen molar-refractivity contribution in [3.8, 4) is 0 Å². The molecule has 14 heteroatoms. The van der Waals surface area contributed by atoms with Gasteiger partial charge in [0.2, 0.25) is 17.7 Å². The molecule has 0 aliphatic heterocycles. The summed E-state index contributed by atoms with van der Waals surface area (Å²) >= 11 is 1.48. The first-order valence-corrected chi connectivity index (χ1v) is 13.5. The average molecular weight is 535 g/mol. The van der Waals surface area contributed by atoms with Crippen LogP contribution in [0.4, 0.5) is 0 Å². The van der Waals surface area contributed by atoms with Crippen molar-refractivity contribution in [2.75, 3.05) is 25.1 Å². The molecule has 0 aromatic rings. The van der Waals surface area contributed by atoms with Crippen molar-refractivity contribution >= 4 is 41.4 Å². The molecular weight excluding hydrogens is 492 g/mol. The number of rotatable bonds is 21. The number of carboxylic acids is 2. The first kappa shape index (κ1) is 33.6. The maximum atomic E-state index is 13.1. The van der Waals surface area contributed by atoms with Crippen molar-refractivity contribution in [2.24, 2.45) is 17.2 Å². The number of nitrogens with two attached hydrogens (primary N) is 3. The lowest BCUT2D eigenvalue weighted by Gasteiger charge is -2.25. The second-order valence-electron chi connectivity index (χ2n) is 8.41. The van der Waals surface area contributed by atoms with Gasteiger partial charge in [-0.25, -0.2) is 4.79 Å². The molecule has 11 N–H and O–H groups in total. The average Bonchev–Trinajstić information content (AvgIpc) is 2.82. The van der Waals surface area contributed by atoms with Crippen molar-refractivity contribution in [1.29, 1.82) is 0 Å². The van der Waals surface area contributed by atoms with Gasteiger partial charge in [0.05, 0.1) is 6.04 Å². The van der Waals surface area contributed by atoms with Crippen LogP contribution in [0.25, 0.3) is 0 Å². The second kappa shape index (κ2) is 19.7. The van der Waals surface area contributed by atoms with Gasteiger partial charge >= 0.3 is 11.9 Å². The Labute approximate surface area is 216 Å². The highest BCUT2D eigenvalue weighted by atomic mass is 32.2. The Balaban J connectivity index is 5.42. The fourth-order valence-corrected chi connectivity index (χ4v) is 3.73. The van der Waals surface area contributed by atoms with E-state index in [1.54, 1.807) is 0 Å². The summed E-state index contributed by atoms with van der Waals surface area (Å²) in [5.41, 5.74) is 16.9. The Morgan fingerprint density at radius 3 is 1.72 bits per heavy atom. The van der Waals surface area contributed by atoms with Crippen LogP contribution in [-0.2, 0) is 24.0 Å². The molecule has 0 fully saturated rings. The molecule has 0 aromatic heterocycles. The molecule has 3 amide bonds. The maximum absolute atomic E-state index is 13.1. The van der Waals surface area contributed by atoms with E-state index in [9.17, 15) is 29.1 Å². The molecule has 0 radical (unpaired) electrons. The monoisotopic (exact) mass is 534 g/mol. The molecule has 4 atom stereocenters. The molecule has 0 aromatic carbocycles. The van der Waals surface area contributed by atoms with Crippen molar-refractivity contribution in [2.45, 2.75) is 82.0 Å². The number of carbonyl (C=O) groups excluding carboxylic acids is 3. The van der Waals surface area contributed by atoms with Crippen LogP contribution in [-0.4, -0.2) is 89.1 Å². The van der Waals surface area contributed by atoms with Crippen LogP contribution in [0.3, 0.4) is 0 Å². The molecule has 0 unspecified atom stereocenters. The van der Waals surface area contributed by atoms with E-state index in [0.717, 1.165) is 6.42 Å². The van der Waals surface area contributed by atoms with Crippen LogP contribution in [0.2, 0.25) is 0 Å². The molecule has 13 nitrogen and oxygen atoms in total. The van der Waals surface area contributed by atoms with Gasteiger partial charge in [0.25, 0.3) is 0 Å². The van der Waals surface area contributed by atoms with E-state index < -0.39 is 60.2 Å². The Bertz CT molecular complexity index is 712. The number of amides is 3. The number of carboxylic acid groups (broad SMARTS) is 2. The van der Waals surface area contributed by atoms with E-state index in [2.05, 4.69) is 16.0 Å². The Hall–Kier alpha value is -2.42. The van der Waals surface area contributed by atoms with Gasteiger partial charge in [0, 0.05) is 6.42 Å². The molecule has 0 spiro atoms. The van der Waals surface area contributed by atoms with Gasteiger partial charge in [-0.2, -0.15) is 11.8 Å². The zero-order chi connectivity index (χ0) is 27.5. The summed E-state index contributed by atoms with van der Waals surface area (Å²) in [7, 11) is 0. The van der Waals surface area contributed by atoms with Gasteiger partial charge in [0.1, 0.15) is 18.1 Å². The molecule has 0 saturated carbocycles. The smallest absolute Gasteiger partial charge is 0.326 e. The van der Waals surface area contributed by atoms with Gasteiger partial charge in [-0.3, -0.25) is 19.2 Å². The summed E-state index contributed by atoms with van der Waals surface area (Å²) in [4.78, 5) is 60.7. The summed E-state index contributed by atoms with van der Waals surface area (Å²) in [5, 5.41) is 25.7. The molecule has 0 aliphatic rings. The Kier molecular flexibility index (Phi) is 18.4. The van der Waals surface area contributed by atoms with Gasteiger partial charge in [-0.1, -0.05) is 6.42 Å². The van der Waals surface area contributed by atoms with Crippen molar-refractivity contribution in [3.05, 3.63) is 0 Å². The first-order valence-electron chi connectivity index (χ1n) is 12.1. The standard InChI is InChI=1S/C22H42N6O7S/c1-36-13-10-16(26-19(31)14(25)6-2-4-11-23)21(33)27-15(7-3-5-12-24)20(32)28-17(22(34)35)8-9-18(29)30/h14-17H,2-13,23-25H2,1H3,(H,26,31)(H,27,33)(H,28,32)(H,29,30)(H,34,35)/t14-,15-,16-,17-/m0/s1. The number of hydrogen-bond acceptors (Lipinski definition) is 9. The maximum Gasteiger partial charge on any atom is 0.326 e. The van der Waals surface area contributed by atoms with Crippen LogP contribution in [0.1, 0.15) is 57.8 Å². The zero-order valence-corrected chi connectivity index (χ0v) is 21.7. The largest absolute Gasteiger partial charge is 0.481 e. The number of hydrogen-bond donors (Lipinski definition) is 8. The molecular formula is C22H42N6O7S. The number of nitrogens with one attached hydrogen (secondary N) is 3. The number of thioether (sulfide) groups is 1. The van der Waals surface area contributed by atoms with Gasteiger partial charge in [0.15, 0.2) is 0 Å². The van der Waals surface area contributed by atoms with E-state index >= 15 is 0 Å². The van der Waals surface area contributed by atoms with Gasteiger partial charge in [-0.15, -0.1) is 0 Å². The van der Waals surface area contributed by atoms with E-state index in [1.807, 2.05) is 6.26 Å². The van der Waals surface area contributed by atoms with Gasteiger partial charge < -0.3 is 43.4 Å². The van der Waals surface area contributed by atoms with Crippen molar-refractivity contribution < 1.29 is 34.2 Å². The lowest BCUT2D eigenvalue weighted by molar-refractivity contribution is -0.143. The molecule has 0 saturated heterocycles. The number of aliphatic carboxylic acids is 2. The lowest BCUT2D eigenvalue weighted by Crippen LogP contribution is -2.57. The highest BCUT2D eigenvalue weighted by molar-refractivity contribution is 7.98. The van der Waals surface area contributed by atoms with Crippen LogP contribution in [0.5, 0.6) is 0 Å². The van der Waals surface area contributed by atoms with Crippen LogP contribution < -0.4 is 33.2 Å². The van der Waals surface area contributed by atoms with Crippen LogP contribution in [0, 0.1) is 0 Å². The lowest BCUT2D eigenvalue weighted by atomic mass is 10.1. The highest BCUT2D eigenvalue weighted by Crippen LogP contribution is 2.08. The minimum atomic E-state index is -1.43. The number of unbranched alkanes of at least 4 members (excludes halogenated alkanes) is 2. The molecule has 208 valence electrons. The summed E-state index contributed by atoms with van der Waals surface area (Å²) in [6.07, 6.45) is 4.43. The number of carbonyl (C=O) groups is 5. The van der Waals surface area contributed by atoms with E-state index in [-0.39, 0.29) is 12.8 Å². The van der Waals surface area contributed by atoms with E-state index in [0.29, 0.717) is 50.9 Å². The normalized spacial score (nSPS) is 14.2. The fourth-order valence-electron chi connectivity index (χ4n) is 3.25. The first-order chi connectivity index (χ1) is 17.1. The molecule has 0 bridgehead atoms. The van der Waals surface area contributed by atoms with E-state index in [4.69, 9.17) is 22.3 Å². The summed E-state index contributed by atoms with van der Waals surface area (Å²) in [6.45, 7) is 0.854. The predicted molar refractivity (Wildman–Crippen MR) is 137 cm³/mol.